The maximum Gasteiger partial charge on any atom is 0.307 e. The highest BCUT2D eigenvalue weighted by molar-refractivity contribution is 5.70. The van der Waals surface area contributed by atoms with Crippen LogP contribution in [0.1, 0.15) is 12.8 Å². The number of piperazine rings is 1. The normalized spacial score (nSPS) is 16.9. The average Bonchev–Trinajstić information content (AvgIpc) is 2.74. The molecule has 1 saturated heterocycles. The predicted octanol–water partition coefficient (Wildman–Crippen LogP) is 3.28. The first-order valence-corrected chi connectivity index (χ1v) is 9.62. The Balaban J connectivity index is 1.69. The van der Waals surface area contributed by atoms with E-state index in [0.717, 1.165) is 37.6 Å². The van der Waals surface area contributed by atoms with Crippen LogP contribution in [0.15, 0.2) is 67.5 Å². The molecule has 1 aliphatic rings. The van der Waals surface area contributed by atoms with Gasteiger partial charge in [-0.15, -0.1) is 6.58 Å². The molecule has 1 fully saturated rings. The van der Waals surface area contributed by atoms with E-state index in [-0.39, 0.29) is 6.23 Å². The van der Waals surface area contributed by atoms with E-state index in [0.29, 0.717) is 12.8 Å². The predicted molar refractivity (Wildman–Crippen MR) is 109 cm³/mol. The van der Waals surface area contributed by atoms with Crippen molar-refractivity contribution in [1.82, 2.24) is 9.88 Å². The first kappa shape index (κ1) is 19.9. The lowest BCUT2D eigenvalue weighted by atomic mass is 10.00. The topological polar surface area (TPSA) is 65.9 Å². The van der Waals surface area contributed by atoms with Crippen LogP contribution >= 0.6 is 0 Å². The molecule has 1 aromatic heterocycles. The van der Waals surface area contributed by atoms with Gasteiger partial charge in [-0.3, -0.25) is 14.7 Å². The largest absolute Gasteiger partial charge is 0.481 e. The van der Waals surface area contributed by atoms with Gasteiger partial charge in [-0.25, -0.2) is 0 Å². The zero-order valence-electron chi connectivity index (χ0n) is 16.0. The third-order valence-electron chi connectivity index (χ3n) is 5.05. The molecular formula is C22H27N3O3. The first-order valence-electron chi connectivity index (χ1n) is 9.62. The fraction of sp³-hybridized carbons (Fsp3) is 0.364. The SMILES string of the molecule is C=CCC(CC(Oc1ccccc1)N1CCN(c2ccncc2)CC1)C(=O)O. The van der Waals surface area contributed by atoms with Crippen molar-refractivity contribution in [3.8, 4) is 5.75 Å². The Morgan fingerprint density at radius 1 is 1.14 bits per heavy atom. The monoisotopic (exact) mass is 381 g/mol. The van der Waals surface area contributed by atoms with Crippen LogP contribution < -0.4 is 9.64 Å². The van der Waals surface area contributed by atoms with Crippen LogP contribution in [-0.4, -0.2) is 53.4 Å². The Kier molecular flexibility index (Phi) is 7.03. The lowest BCUT2D eigenvalue weighted by molar-refractivity contribution is -0.143. The molecule has 28 heavy (non-hydrogen) atoms. The molecule has 6 heteroatoms. The molecule has 1 aliphatic heterocycles. The summed E-state index contributed by atoms with van der Waals surface area (Å²) in [5, 5.41) is 9.57. The molecule has 0 spiro atoms. The Hall–Kier alpha value is -2.86. The second-order valence-electron chi connectivity index (χ2n) is 6.91. The van der Waals surface area contributed by atoms with Gasteiger partial charge in [0.05, 0.1) is 5.92 Å². The zero-order chi connectivity index (χ0) is 19.8. The van der Waals surface area contributed by atoms with E-state index in [2.05, 4.69) is 21.4 Å². The fourth-order valence-electron chi connectivity index (χ4n) is 3.49. The average molecular weight is 381 g/mol. The summed E-state index contributed by atoms with van der Waals surface area (Å²) < 4.78 is 6.22. The second kappa shape index (κ2) is 9.90. The minimum Gasteiger partial charge on any atom is -0.481 e. The maximum atomic E-state index is 11.7. The number of ether oxygens (including phenoxy) is 1. The Morgan fingerprint density at radius 3 is 2.43 bits per heavy atom. The van der Waals surface area contributed by atoms with Gasteiger partial charge in [-0.2, -0.15) is 0 Å². The zero-order valence-corrected chi connectivity index (χ0v) is 16.0. The van der Waals surface area contributed by atoms with Gasteiger partial charge in [-0.05, 0) is 30.7 Å². The summed E-state index contributed by atoms with van der Waals surface area (Å²) in [7, 11) is 0. The molecule has 2 heterocycles. The van der Waals surface area contributed by atoms with E-state index in [1.165, 1.54) is 0 Å². The highest BCUT2D eigenvalue weighted by Gasteiger charge is 2.30. The summed E-state index contributed by atoms with van der Waals surface area (Å²) in [5.41, 5.74) is 1.16. The van der Waals surface area contributed by atoms with Crippen molar-refractivity contribution in [1.29, 1.82) is 0 Å². The number of aliphatic carboxylic acids is 1. The molecule has 0 radical (unpaired) electrons. The molecular weight excluding hydrogens is 354 g/mol. The minimum absolute atomic E-state index is 0.289. The number of carboxylic acid groups (broad SMARTS) is 1. The fourth-order valence-corrected chi connectivity index (χ4v) is 3.49. The molecule has 2 unspecified atom stereocenters. The minimum atomic E-state index is -0.808. The highest BCUT2D eigenvalue weighted by atomic mass is 16.5. The number of allylic oxidation sites excluding steroid dienone is 1. The van der Waals surface area contributed by atoms with Crippen molar-refractivity contribution in [3.63, 3.8) is 0 Å². The maximum absolute atomic E-state index is 11.7. The van der Waals surface area contributed by atoms with E-state index >= 15 is 0 Å². The first-order chi connectivity index (χ1) is 13.7. The lowest BCUT2D eigenvalue weighted by Crippen LogP contribution is -2.52. The number of rotatable bonds is 9. The van der Waals surface area contributed by atoms with E-state index in [1.807, 2.05) is 42.5 Å². The van der Waals surface area contributed by atoms with Gasteiger partial charge >= 0.3 is 5.97 Å². The quantitative estimate of drug-likeness (QED) is 0.673. The van der Waals surface area contributed by atoms with E-state index in [1.54, 1.807) is 18.5 Å². The summed E-state index contributed by atoms with van der Waals surface area (Å²) in [5.74, 6) is -0.562. The van der Waals surface area contributed by atoms with Crippen LogP contribution in [-0.2, 0) is 4.79 Å². The highest BCUT2D eigenvalue weighted by Crippen LogP contribution is 2.23. The van der Waals surface area contributed by atoms with Crippen molar-refractivity contribution >= 4 is 11.7 Å². The number of aromatic nitrogens is 1. The number of carbonyl (C=O) groups is 1. The van der Waals surface area contributed by atoms with Crippen LogP contribution in [0.25, 0.3) is 0 Å². The Morgan fingerprint density at radius 2 is 1.82 bits per heavy atom. The van der Waals surface area contributed by atoms with Crippen LogP contribution in [0.3, 0.4) is 0 Å². The molecule has 3 rings (SSSR count). The number of carboxylic acids is 1. The summed E-state index contributed by atoms with van der Waals surface area (Å²) in [6, 6.07) is 13.6. The smallest absolute Gasteiger partial charge is 0.307 e. The third kappa shape index (κ3) is 5.33. The Bertz CT molecular complexity index is 746. The summed E-state index contributed by atoms with van der Waals surface area (Å²) >= 11 is 0. The van der Waals surface area contributed by atoms with E-state index in [9.17, 15) is 9.90 Å². The number of hydrogen-bond donors (Lipinski definition) is 1. The van der Waals surface area contributed by atoms with Crippen molar-refractivity contribution in [3.05, 3.63) is 67.5 Å². The number of hydrogen-bond acceptors (Lipinski definition) is 5. The van der Waals surface area contributed by atoms with Gasteiger partial charge in [0.25, 0.3) is 0 Å². The number of benzene rings is 1. The molecule has 0 saturated carbocycles. The van der Waals surface area contributed by atoms with Crippen molar-refractivity contribution in [2.24, 2.45) is 5.92 Å². The van der Waals surface area contributed by atoms with Crippen LogP contribution in [0, 0.1) is 5.92 Å². The van der Waals surface area contributed by atoms with E-state index in [4.69, 9.17) is 4.74 Å². The molecule has 0 aliphatic carbocycles. The van der Waals surface area contributed by atoms with Crippen molar-refractivity contribution in [2.45, 2.75) is 19.1 Å². The van der Waals surface area contributed by atoms with E-state index < -0.39 is 11.9 Å². The number of anilines is 1. The number of nitrogens with zero attached hydrogens (tertiary/aromatic N) is 3. The van der Waals surface area contributed by atoms with Crippen molar-refractivity contribution < 1.29 is 14.6 Å². The second-order valence-corrected chi connectivity index (χ2v) is 6.91. The van der Waals surface area contributed by atoms with Crippen molar-refractivity contribution in [2.75, 3.05) is 31.1 Å². The van der Waals surface area contributed by atoms with Gasteiger partial charge in [0.15, 0.2) is 6.23 Å². The molecule has 0 bridgehead atoms. The van der Waals surface area contributed by atoms with Gasteiger partial charge in [-0.1, -0.05) is 24.3 Å². The molecule has 1 N–H and O–H groups in total. The van der Waals surface area contributed by atoms with Gasteiger partial charge in [0.2, 0.25) is 0 Å². The summed E-state index contributed by atoms with van der Waals surface area (Å²) in [6.07, 6.45) is 5.83. The molecule has 0 amide bonds. The van der Waals surface area contributed by atoms with Gasteiger partial charge in [0, 0.05) is 50.7 Å². The van der Waals surface area contributed by atoms with Gasteiger partial charge < -0.3 is 14.7 Å². The molecule has 2 aromatic rings. The summed E-state index contributed by atoms with van der Waals surface area (Å²) in [6.45, 7) is 7.03. The van der Waals surface area contributed by atoms with Crippen LogP contribution in [0.2, 0.25) is 0 Å². The lowest BCUT2D eigenvalue weighted by Gasteiger charge is -2.40. The van der Waals surface area contributed by atoms with Gasteiger partial charge in [0.1, 0.15) is 5.75 Å². The third-order valence-corrected chi connectivity index (χ3v) is 5.05. The number of para-hydroxylation sites is 1. The van der Waals surface area contributed by atoms with Crippen LogP contribution in [0.4, 0.5) is 5.69 Å². The molecule has 148 valence electrons. The van der Waals surface area contributed by atoms with Crippen LogP contribution in [0.5, 0.6) is 5.75 Å². The molecule has 1 aromatic carbocycles. The molecule has 2 atom stereocenters. The Labute approximate surface area is 166 Å². The standard InChI is InChI=1S/C22H27N3O3/c1-2-6-18(22(26)27)17-21(28-20-7-4-3-5-8-20)25-15-13-24(14-16-25)19-9-11-23-12-10-19/h2-5,7-12,18,21H,1,6,13-17H2,(H,26,27). The number of pyridine rings is 1. The molecule has 6 nitrogen and oxygen atoms in total. The summed E-state index contributed by atoms with van der Waals surface area (Å²) in [4.78, 5) is 20.3.